The summed E-state index contributed by atoms with van der Waals surface area (Å²) in [4.78, 5) is 4.60. The summed E-state index contributed by atoms with van der Waals surface area (Å²) in [6.45, 7) is 3.51. The van der Waals surface area contributed by atoms with Gasteiger partial charge in [0.05, 0.1) is 20.8 Å². The predicted molar refractivity (Wildman–Crippen MR) is 95.9 cm³/mol. The van der Waals surface area contributed by atoms with Crippen molar-refractivity contribution in [2.24, 2.45) is 4.99 Å². The maximum atomic E-state index is 5.38. The Morgan fingerprint density at radius 3 is 2.62 bits per heavy atom. The first-order valence-electron chi connectivity index (χ1n) is 7.02. The molecule has 0 aliphatic heterocycles. The Hall–Kier alpha value is -1.18. The molecular formula is C15H24IN3O2. The number of hydrogen-bond donors (Lipinski definition) is 2. The Morgan fingerprint density at radius 2 is 2.05 bits per heavy atom. The van der Waals surface area contributed by atoms with Gasteiger partial charge in [-0.2, -0.15) is 0 Å². The van der Waals surface area contributed by atoms with Crippen molar-refractivity contribution in [2.75, 3.05) is 20.8 Å². The maximum absolute atomic E-state index is 5.38. The molecule has 1 fully saturated rings. The quantitative estimate of drug-likeness (QED) is 0.434. The second-order valence-corrected chi connectivity index (χ2v) is 4.79. The summed E-state index contributed by atoms with van der Waals surface area (Å²) in [6.07, 6.45) is 2.46. The van der Waals surface area contributed by atoms with Gasteiger partial charge in [0.25, 0.3) is 0 Å². The van der Waals surface area contributed by atoms with E-state index in [0.29, 0.717) is 12.6 Å². The van der Waals surface area contributed by atoms with Gasteiger partial charge in [0, 0.05) is 24.2 Å². The van der Waals surface area contributed by atoms with Gasteiger partial charge < -0.3 is 20.1 Å². The highest BCUT2D eigenvalue weighted by atomic mass is 127. The molecule has 2 N–H and O–H groups in total. The van der Waals surface area contributed by atoms with Gasteiger partial charge in [0.2, 0.25) is 0 Å². The van der Waals surface area contributed by atoms with Crippen molar-refractivity contribution < 1.29 is 9.47 Å². The van der Waals surface area contributed by atoms with E-state index in [9.17, 15) is 0 Å². The smallest absolute Gasteiger partial charge is 0.191 e. The summed E-state index contributed by atoms with van der Waals surface area (Å²) in [5.74, 6) is 2.46. The molecule has 21 heavy (non-hydrogen) atoms. The molecule has 0 heterocycles. The lowest BCUT2D eigenvalue weighted by Crippen LogP contribution is -2.38. The van der Waals surface area contributed by atoms with E-state index in [4.69, 9.17) is 9.47 Å². The van der Waals surface area contributed by atoms with Crippen LogP contribution in [-0.4, -0.2) is 32.8 Å². The molecule has 0 atom stereocenters. The van der Waals surface area contributed by atoms with Crippen molar-refractivity contribution in [1.29, 1.82) is 0 Å². The molecule has 118 valence electrons. The van der Waals surface area contributed by atoms with Gasteiger partial charge in [-0.05, 0) is 31.9 Å². The predicted octanol–water partition coefficient (Wildman–Crippen LogP) is 2.54. The van der Waals surface area contributed by atoms with Crippen LogP contribution in [0, 0.1) is 0 Å². The van der Waals surface area contributed by atoms with Crippen molar-refractivity contribution in [2.45, 2.75) is 32.4 Å². The number of nitrogens with zero attached hydrogens (tertiary/aromatic N) is 1. The number of ether oxygens (including phenoxy) is 2. The first-order valence-corrected chi connectivity index (χ1v) is 7.02. The minimum absolute atomic E-state index is 0. The monoisotopic (exact) mass is 405 g/mol. The highest BCUT2D eigenvalue weighted by Gasteiger charge is 2.22. The third-order valence-corrected chi connectivity index (χ3v) is 3.16. The highest BCUT2D eigenvalue weighted by Crippen LogP contribution is 2.25. The molecular weight excluding hydrogens is 381 g/mol. The molecule has 0 aromatic heterocycles. The van der Waals surface area contributed by atoms with E-state index in [1.165, 1.54) is 12.8 Å². The van der Waals surface area contributed by atoms with E-state index in [2.05, 4.69) is 22.5 Å². The summed E-state index contributed by atoms with van der Waals surface area (Å²) >= 11 is 0. The molecule has 0 saturated heterocycles. The minimum Gasteiger partial charge on any atom is -0.497 e. The molecule has 6 heteroatoms. The van der Waals surface area contributed by atoms with Crippen LogP contribution in [-0.2, 0) is 6.54 Å². The SMILES string of the molecule is CCNC(=NCc1ccc(OC)cc1OC)NC1CC1.I. The van der Waals surface area contributed by atoms with E-state index in [0.717, 1.165) is 29.6 Å². The van der Waals surface area contributed by atoms with Crippen LogP contribution < -0.4 is 20.1 Å². The fourth-order valence-electron chi connectivity index (χ4n) is 1.89. The Balaban J connectivity index is 0.00000220. The third kappa shape index (κ3) is 5.61. The molecule has 1 aliphatic carbocycles. The van der Waals surface area contributed by atoms with E-state index in [-0.39, 0.29) is 24.0 Å². The van der Waals surface area contributed by atoms with Crippen molar-refractivity contribution in [3.63, 3.8) is 0 Å². The molecule has 2 rings (SSSR count). The fourth-order valence-corrected chi connectivity index (χ4v) is 1.89. The number of methoxy groups -OCH3 is 2. The van der Waals surface area contributed by atoms with Crippen molar-refractivity contribution in [1.82, 2.24) is 10.6 Å². The summed E-state index contributed by atoms with van der Waals surface area (Å²) in [6, 6.07) is 6.38. The van der Waals surface area contributed by atoms with Gasteiger partial charge in [-0.1, -0.05) is 0 Å². The van der Waals surface area contributed by atoms with Crippen LogP contribution in [0.1, 0.15) is 25.3 Å². The number of hydrogen-bond acceptors (Lipinski definition) is 3. The van der Waals surface area contributed by atoms with E-state index in [1.807, 2.05) is 18.2 Å². The van der Waals surface area contributed by atoms with Gasteiger partial charge in [-0.3, -0.25) is 0 Å². The van der Waals surface area contributed by atoms with Gasteiger partial charge >= 0.3 is 0 Å². The lowest BCUT2D eigenvalue weighted by atomic mass is 10.2. The van der Waals surface area contributed by atoms with Gasteiger partial charge in [-0.25, -0.2) is 4.99 Å². The van der Waals surface area contributed by atoms with Crippen molar-refractivity contribution >= 4 is 29.9 Å². The number of halogens is 1. The normalized spacial score (nSPS) is 14.1. The first kappa shape index (κ1) is 17.9. The lowest BCUT2D eigenvalue weighted by Gasteiger charge is -2.12. The second kappa shape index (κ2) is 8.96. The highest BCUT2D eigenvalue weighted by molar-refractivity contribution is 14.0. The standard InChI is InChI=1S/C15H23N3O2.HI/c1-4-16-15(18-12-6-7-12)17-10-11-5-8-13(19-2)9-14(11)20-3;/h5,8-9,12H,4,6-7,10H2,1-3H3,(H2,16,17,18);1H. The summed E-state index contributed by atoms with van der Waals surface area (Å²) in [5.41, 5.74) is 1.04. The topological polar surface area (TPSA) is 54.9 Å². The molecule has 5 nitrogen and oxygen atoms in total. The number of nitrogens with one attached hydrogen (secondary N) is 2. The van der Waals surface area contributed by atoms with Crippen LogP contribution in [0.4, 0.5) is 0 Å². The van der Waals surface area contributed by atoms with Crippen LogP contribution in [0.3, 0.4) is 0 Å². The van der Waals surface area contributed by atoms with Gasteiger partial charge in [0.1, 0.15) is 11.5 Å². The largest absolute Gasteiger partial charge is 0.497 e. The Morgan fingerprint density at radius 1 is 1.29 bits per heavy atom. The van der Waals surface area contributed by atoms with Crippen molar-refractivity contribution in [3.8, 4) is 11.5 Å². The van der Waals surface area contributed by atoms with Crippen LogP contribution in [0.25, 0.3) is 0 Å². The van der Waals surface area contributed by atoms with Crippen molar-refractivity contribution in [3.05, 3.63) is 23.8 Å². The van der Waals surface area contributed by atoms with E-state index < -0.39 is 0 Å². The molecule has 1 aromatic rings. The Kier molecular flexibility index (Phi) is 7.63. The number of aliphatic imine (C=N–C) groups is 1. The lowest BCUT2D eigenvalue weighted by molar-refractivity contribution is 0.391. The summed E-state index contributed by atoms with van der Waals surface area (Å²) < 4.78 is 10.6. The molecule has 1 aromatic carbocycles. The van der Waals surface area contributed by atoms with E-state index >= 15 is 0 Å². The van der Waals surface area contributed by atoms with E-state index in [1.54, 1.807) is 14.2 Å². The van der Waals surface area contributed by atoms with Crippen LogP contribution >= 0.6 is 24.0 Å². The third-order valence-electron chi connectivity index (χ3n) is 3.16. The second-order valence-electron chi connectivity index (χ2n) is 4.79. The average Bonchev–Trinajstić information content (AvgIpc) is 3.28. The minimum atomic E-state index is 0. The molecule has 0 amide bonds. The summed E-state index contributed by atoms with van der Waals surface area (Å²) in [7, 11) is 3.31. The molecule has 1 saturated carbocycles. The van der Waals surface area contributed by atoms with Gasteiger partial charge in [0.15, 0.2) is 5.96 Å². The first-order chi connectivity index (χ1) is 9.76. The number of rotatable bonds is 6. The molecule has 1 aliphatic rings. The van der Waals surface area contributed by atoms with Gasteiger partial charge in [-0.15, -0.1) is 24.0 Å². The van der Waals surface area contributed by atoms with Crippen LogP contribution in [0.2, 0.25) is 0 Å². The average molecular weight is 405 g/mol. The zero-order valence-electron chi connectivity index (χ0n) is 12.8. The zero-order chi connectivity index (χ0) is 14.4. The molecule has 0 unspecified atom stereocenters. The maximum Gasteiger partial charge on any atom is 0.191 e. The number of benzene rings is 1. The molecule has 0 radical (unpaired) electrons. The number of guanidine groups is 1. The Bertz CT molecular complexity index is 476. The molecule has 0 spiro atoms. The Labute approximate surface area is 143 Å². The zero-order valence-corrected chi connectivity index (χ0v) is 15.1. The summed E-state index contributed by atoms with van der Waals surface area (Å²) in [5, 5.41) is 6.65. The molecule has 0 bridgehead atoms. The fraction of sp³-hybridized carbons (Fsp3) is 0.533. The van der Waals surface area contributed by atoms with Crippen LogP contribution in [0.15, 0.2) is 23.2 Å². The van der Waals surface area contributed by atoms with Crippen LogP contribution in [0.5, 0.6) is 11.5 Å².